The Balaban J connectivity index is 1.70. The van der Waals surface area contributed by atoms with Crippen molar-refractivity contribution in [3.8, 4) is 0 Å². The lowest BCUT2D eigenvalue weighted by Crippen LogP contribution is -2.32. The third-order valence-electron chi connectivity index (χ3n) is 3.53. The van der Waals surface area contributed by atoms with Crippen molar-refractivity contribution in [1.82, 2.24) is 4.90 Å². The average Bonchev–Trinajstić information content (AvgIpc) is 2.32. The van der Waals surface area contributed by atoms with Crippen molar-refractivity contribution in [2.45, 2.75) is 32.1 Å². The molecule has 1 saturated heterocycles. The van der Waals surface area contributed by atoms with Crippen LogP contribution in [0.25, 0.3) is 0 Å². The van der Waals surface area contributed by atoms with Crippen LogP contribution in [0.2, 0.25) is 0 Å². The minimum Gasteiger partial charge on any atom is -0.384 e. The summed E-state index contributed by atoms with van der Waals surface area (Å²) in [5.41, 5.74) is 0.877. The van der Waals surface area contributed by atoms with Crippen molar-refractivity contribution >= 4 is 5.69 Å². The lowest BCUT2D eigenvalue weighted by atomic mass is 10.1. The van der Waals surface area contributed by atoms with E-state index in [2.05, 4.69) is 10.2 Å². The summed E-state index contributed by atoms with van der Waals surface area (Å²) in [6, 6.07) is 6.68. The van der Waals surface area contributed by atoms with Crippen molar-refractivity contribution in [3.63, 3.8) is 0 Å². The van der Waals surface area contributed by atoms with Gasteiger partial charge < -0.3 is 10.2 Å². The van der Waals surface area contributed by atoms with Crippen LogP contribution in [-0.2, 0) is 0 Å². The molecule has 1 aromatic rings. The minimum absolute atomic E-state index is 0.175. The van der Waals surface area contributed by atoms with Gasteiger partial charge in [-0.05, 0) is 44.1 Å². The Morgan fingerprint density at radius 2 is 1.78 bits per heavy atom. The Labute approximate surface area is 109 Å². The zero-order chi connectivity index (χ0) is 12.6. The molecule has 18 heavy (non-hydrogen) atoms. The molecule has 100 valence electrons. The van der Waals surface area contributed by atoms with E-state index in [-0.39, 0.29) is 5.82 Å². The smallest absolute Gasteiger partial charge is 0.125 e. The third kappa shape index (κ3) is 4.65. The highest BCUT2D eigenvalue weighted by atomic mass is 19.1. The quantitative estimate of drug-likeness (QED) is 0.879. The third-order valence-corrected chi connectivity index (χ3v) is 3.53. The van der Waals surface area contributed by atoms with E-state index in [4.69, 9.17) is 0 Å². The van der Waals surface area contributed by atoms with Gasteiger partial charge in [-0.3, -0.25) is 0 Å². The van der Waals surface area contributed by atoms with E-state index in [1.165, 1.54) is 51.3 Å². The monoisotopic (exact) mass is 250 g/mol. The van der Waals surface area contributed by atoms with Gasteiger partial charge in [-0.15, -0.1) is 0 Å². The standard InChI is InChI=1S/C15H23FN2/c16-14-7-6-8-15(13-14)17-9-12-18-10-4-2-1-3-5-11-18/h6-8,13,17H,1-5,9-12H2. The molecular formula is C15H23FN2. The maximum Gasteiger partial charge on any atom is 0.125 e. The van der Waals surface area contributed by atoms with E-state index in [1.54, 1.807) is 12.1 Å². The number of nitrogens with one attached hydrogen (secondary N) is 1. The summed E-state index contributed by atoms with van der Waals surface area (Å²) in [7, 11) is 0. The van der Waals surface area contributed by atoms with Crippen molar-refractivity contribution in [2.24, 2.45) is 0 Å². The molecule has 2 rings (SSSR count). The molecule has 0 amide bonds. The van der Waals surface area contributed by atoms with Gasteiger partial charge >= 0.3 is 0 Å². The number of benzene rings is 1. The highest BCUT2D eigenvalue weighted by molar-refractivity contribution is 5.42. The first-order valence-electron chi connectivity index (χ1n) is 7.06. The molecule has 2 nitrogen and oxygen atoms in total. The molecule has 1 aliphatic rings. The second kappa shape index (κ2) is 7.37. The Hall–Kier alpha value is -1.09. The van der Waals surface area contributed by atoms with E-state index in [1.807, 2.05) is 6.07 Å². The van der Waals surface area contributed by atoms with Crippen LogP contribution >= 0.6 is 0 Å². The van der Waals surface area contributed by atoms with Crippen LogP contribution in [0.4, 0.5) is 10.1 Å². The fraction of sp³-hybridized carbons (Fsp3) is 0.600. The first-order chi connectivity index (χ1) is 8.84. The summed E-state index contributed by atoms with van der Waals surface area (Å²) >= 11 is 0. The average molecular weight is 250 g/mol. The Kier molecular flexibility index (Phi) is 5.46. The van der Waals surface area contributed by atoms with Crippen LogP contribution in [0.15, 0.2) is 24.3 Å². The van der Waals surface area contributed by atoms with Crippen molar-refractivity contribution < 1.29 is 4.39 Å². The number of rotatable bonds is 4. The van der Waals surface area contributed by atoms with Crippen LogP contribution in [0.1, 0.15) is 32.1 Å². The zero-order valence-corrected chi connectivity index (χ0v) is 11.0. The Morgan fingerprint density at radius 1 is 1.06 bits per heavy atom. The highest BCUT2D eigenvalue weighted by Gasteiger charge is 2.07. The number of anilines is 1. The van der Waals surface area contributed by atoms with Crippen LogP contribution in [0, 0.1) is 5.82 Å². The van der Waals surface area contributed by atoms with Gasteiger partial charge in [0.05, 0.1) is 0 Å². The van der Waals surface area contributed by atoms with Gasteiger partial charge in [-0.1, -0.05) is 25.3 Å². The summed E-state index contributed by atoms with van der Waals surface area (Å²) in [5, 5.41) is 3.29. The molecule has 0 aliphatic carbocycles. The molecule has 1 aromatic carbocycles. The molecule has 0 spiro atoms. The van der Waals surface area contributed by atoms with Crippen LogP contribution in [0.3, 0.4) is 0 Å². The molecule has 0 unspecified atom stereocenters. The molecule has 0 atom stereocenters. The lowest BCUT2D eigenvalue weighted by molar-refractivity contribution is 0.256. The predicted molar refractivity (Wildman–Crippen MR) is 74.4 cm³/mol. The van der Waals surface area contributed by atoms with Crippen molar-refractivity contribution in [1.29, 1.82) is 0 Å². The molecule has 0 aromatic heterocycles. The Morgan fingerprint density at radius 3 is 2.50 bits per heavy atom. The first kappa shape index (κ1) is 13.3. The molecule has 1 N–H and O–H groups in total. The normalized spacial score (nSPS) is 18.1. The molecule has 3 heteroatoms. The van der Waals surface area contributed by atoms with Crippen molar-refractivity contribution in [2.75, 3.05) is 31.5 Å². The van der Waals surface area contributed by atoms with Gasteiger partial charge in [0.2, 0.25) is 0 Å². The maximum atomic E-state index is 13.0. The topological polar surface area (TPSA) is 15.3 Å². The van der Waals surface area contributed by atoms with Crippen LogP contribution in [-0.4, -0.2) is 31.1 Å². The van der Waals surface area contributed by atoms with E-state index in [0.717, 1.165) is 18.8 Å². The van der Waals surface area contributed by atoms with Gasteiger partial charge in [-0.2, -0.15) is 0 Å². The fourth-order valence-electron chi connectivity index (χ4n) is 2.49. The molecule has 0 radical (unpaired) electrons. The summed E-state index contributed by atoms with van der Waals surface area (Å²) in [6.07, 6.45) is 6.77. The largest absolute Gasteiger partial charge is 0.384 e. The van der Waals surface area contributed by atoms with Crippen LogP contribution in [0.5, 0.6) is 0 Å². The number of likely N-dealkylation sites (tertiary alicyclic amines) is 1. The predicted octanol–water partition coefficient (Wildman–Crippen LogP) is 3.50. The second-order valence-corrected chi connectivity index (χ2v) is 5.05. The summed E-state index contributed by atoms with van der Waals surface area (Å²) in [4.78, 5) is 2.52. The van der Waals surface area contributed by atoms with E-state index in [0.29, 0.717) is 0 Å². The number of hydrogen-bond acceptors (Lipinski definition) is 2. The SMILES string of the molecule is Fc1cccc(NCCN2CCCCCCC2)c1. The number of nitrogens with zero attached hydrogens (tertiary/aromatic N) is 1. The van der Waals surface area contributed by atoms with E-state index < -0.39 is 0 Å². The molecule has 0 bridgehead atoms. The van der Waals surface area contributed by atoms with Gasteiger partial charge in [0.1, 0.15) is 5.82 Å². The fourth-order valence-corrected chi connectivity index (χ4v) is 2.49. The van der Waals surface area contributed by atoms with Gasteiger partial charge in [0, 0.05) is 18.8 Å². The maximum absolute atomic E-state index is 13.0. The van der Waals surface area contributed by atoms with Gasteiger partial charge in [0.15, 0.2) is 0 Å². The molecule has 0 saturated carbocycles. The zero-order valence-electron chi connectivity index (χ0n) is 11.0. The molecule has 1 heterocycles. The van der Waals surface area contributed by atoms with Crippen molar-refractivity contribution in [3.05, 3.63) is 30.1 Å². The first-order valence-corrected chi connectivity index (χ1v) is 7.06. The van der Waals surface area contributed by atoms with Gasteiger partial charge in [0.25, 0.3) is 0 Å². The summed E-state index contributed by atoms with van der Waals surface area (Å²) in [6.45, 7) is 4.37. The lowest BCUT2D eigenvalue weighted by Gasteiger charge is -2.24. The molecule has 1 aliphatic heterocycles. The number of hydrogen-bond donors (Lipinski definition) is 1. The minimum atomic E-state index is -0.175. The van der Waals surface area contributed by atoms with Crippen LogP contribution < -0.4 is 5.32 Å². The number of halogens is 1. The molecule has 1 fully saturated rings. The summed E-state index contributed by atoms with van der Waals surface area (Å²) < 4.78 is 13.0. The van der Waals surface area contributed by atoms with E-state index >= 15 is 0 Å². The highest BCUT2D eigenvalue weighted by Crippen LogP contribution is 2.11. The second-order valence-electron chi connectivity index (χ2n) is 5.05. The van der Waals surface area contributed by atoms with Gasteiger partial charge in [-0.25, -0.2) is 4.39 Å². The summed E-state index contributed by atoms with van der Waals surface area (Å²) in [5.74, 6) is -0.175. The molecular weight excluding hydrogens is 227 g/mol. The Bertz CT molecular complexity index is 346. The van der Waals surface area contributed by atoms with E-state index in [9.17, 15) is 4.39 Å².